The number of carbonyl (C=O) groups excluding carboxylic acids is 1. The van der Waals surface area contributed by atoms with Crippen molar-refractivity contribution >= 4 is 25.6 Å². The van der Waals surface area contributed by atoms with Gasteiger partial charge >= 0.3 is 0 Å². The molecule has 0 aliphatic carbocycles. The van der Waals surface area contributed by atoms with Crippen LogP contribution in [0, 0.1) is 13.8 Å². The van der Waals surface area contributed by atoms with Crippen molar-refractivity contribution in [3.8, 4) is 5.75 Å². The fourth-order valence-corrected chi connectivity index (χ4v) is 2.70. The molecule has 0 fully saturated rings. The van der Waals surface area contributed by atoms with Crippen LogP contribution < -0.4 is 10.5 Å². The highest BCUT2D eigenvalue weighted by atomic mass is 35.7. The Hall–Kier alpha value is -1.27. The molecule has 0 aliphatic heterocycles. The minimum Gasteiger partial charge on any atom is -0.493 e. The van der Waals surface area contributed by atoms with Crippen molar-refractivity contribution in [1.29, 1.82) is 0 Å². The largest absolute Gasteiger partial charge is 0.493 e. The predicted molar refractivity (Wildman–Crippen MR) is 68.3 cm³/mol. The van der Waals surface area contributed by atoms with Crippen molar-refractivity contribution < 1.29 is 17.9 Å². The lowest BCUT2D eigenvalue weighted by Gasteiger charge is -2.12. The molecule has 0 aromatic heterocycles. The zero-order valence-electron chi connectivity index (χ0n) is 10.1. The van der Waals surface area contributed by atoms with E-state index in [-0.39, 0.29) is 17.9 Å². The van der Waals surface area contributed by atoms with Gasteiger partial charge in [-0.25, -0.2) is 8.42 Å². The molecule has 0 saturated carbocycles. The quantitative estimate of drug-likeness (QED) is 0.833. The Bertz CT molecular complexity index is 569. The topological polar surface area (TPSA) is 86.5 Å². The third-order valence-electron chi connectivity index (χ3n) is 2.56. The van der Waals surface area contributed by atoms with Crippen LogP contribution in [0.5, 0.6) is 5.75 Å². The van der Waals surface area contributed by atoms with E-state index < -0.39 is 15.0 Å². The van der Waals surface area contributed by atoms with E-state index in [1.54, 1.807) is 13.8 Å². The van der Waals surface area contributed by atoms with Gasteiger partial charge in [-0.3, -0.25) is 4.79 Å². The van der Waals surface area contributed by atoms with E-state index >= 15 is 0 Å². The molecule has 0 radical (unpaired) electrons. The number of hydrogen-bond acceptors (Lipinski definition) is 4. The Labute approximate surface area is 110 Å². The molecule has 18 heavy (non-hydrogen) atoms. The minimum atomic E-state index is -3.76. The zero-order chi connectivity index (χ0) is 13.9. The maximum atomic E-state index is 11.3. The summed E-state index contributed by atoms with van der Waals surface area (Å²) in [5, 5.41) is 0. The van der Waals surface area contributed by atoms with Gasteiger partial charge in [0.25, 0.3) is 9.05 Å². The molecule has 1 rings (SSSR count). The first kappa shape index (κ1) is 14.8. The average molecular weight is 292 g/mol. The second-order valence-corrected chi connectivity index (χ2v) is 6.35. The van der Waals surface area contributed by atoms with E-state index in [4.69, 9.17) is 21.2 Å². The molecule has 0 spiro atoms. The summed E-state index contributed by atoms with van der Waals surface area (Å²) in [6.45, 7) is 3.52. The molecule has 0 saturated heterocycles. The van der Waals surface area contributed by atoms with E-state index in [0.717, 1.165) is 0 Å². The van der Waals surface area contributed by atoms with Gasteiger partial charge in [0.1, 0.15) is 5.75 Å². The van der Waals surface area contributed by atoms with Gasteiger partial charge in [0.05, 0.1) is 17.9 Å². The Balaban J connectivity index is 2.98. The molecule has 0 bridgehead atoms. The molecule has 0 aliphatic rings. The summed E-state index contributed by atoms with van der Waals surface area (Å²) >= 11 is 0. The molecule has 0 atom stereocenters. The van der Waals surface area contributed by atoms with Gasteiger partial charge < -0.3 is 10.5 Å². The van der Waals surface area contributed by atoms with Gasteiger partial charge in [-0.15, -0.1) is 0 Å². The Kier molecular flexibility index (Phi) is 4.59. The van der Waals surface area contributed by atoms with E-state index in [0.29, 0.717) is 16.9 Å². The van der Waals surface area contributed by atoms with Crippen molar-refractivity contribution in [2.45, 2.75) is 25.2 Å². The number of nitrogens with two attached hydrogens (primary N) is 1. The van der Waals surface area contributed by atoms with Crippen molar-refractivity contribution in [3.63, 3.8) is 0 Å². The van der Waals surface area contributed by atoms with Gasteiger partial charge in [-0.2, -0.15) is 0 Å². The fourth-order valence-electron chi connectivity index (χ4n) is 1.45. The summed E-state index contributed by atoms with van der Waals surface area (Å²) in [4.78, 5) is 10.6. The first-order valence-corrected chi connectivity index (χ1v) is 7.50. The third-order valence-corrected chi connectivity index (χ3v) is 4.02. The number of ether oxygens (including phenoxy) is 1. The summed E-state index contributed by atoms with van der Waals surface area (Å²) in [6, 6.07) is 2.89. The highest BCUT2D eigenvalue weighted by Gasteiger charge is 2.16. The maximum Gasteiger partial charge on any atom is 0.261 e. The number of amides is 1. The van der Waals surface area contributed by atoms with E-state index in [2.05, 4.69) is 0 Å². The number of halogens is 1. The van der Waals surface area contributed by atoms with Crippen LogP contribution in [0.3, 0.4) is 0 Å². The molecule has 1 amide bonds. The molecule has 0 unspecified atom stereocenters. The molecular weight excluding hydrogens is 278 g/mol. The highest BCUT2D eigenvalue weighted by Crippen LogP contribution is 2.28. The fraction of sp³-hybridized carbons (Fsp3) is 0.364. The lowest BCUT2D eigenvalue weighted by Crippen LogP contribution is -2.15. The van der Waals surface area contributed by atoms with Crippen LogP contribution in [0.1, 0.15) is 17.5 Å². The zero-order valence-corrected chi connectivity index (χ0v) is 11.6. The molecular formula is C11H14ClNO4S. The number of benzene rings is 1. The summed E-state index contributed by atoms with van der Waals surface area (Å²) in [5.74, 6) is 0.0575. The molecule has 1 aromatic rings. The minimum absolute atomic E-state index is 0.0592. The normalized spacial score (nSPS) is 11.3. The van der Waals surface area contributed by atoms with E-state index in [1.807, 2.05) is 0 Å². The molecule has 2 N–H and O–H groups in total. The SMILES string of the molecule is Cc1c(OCCC(N)=O)ccc(S(=O)(=O)Cl)c1C. The van der Waals surface area contributed by atoms with Crippen LogP contribution in [0.25, 0.3) is 0 Å². The Morgan fingerprint density at radius 3 is 2.44 bits per heavy atom. The van der Waals surface area contributed by atoms with Gasteiger partial charge in [0, 0.05) is 10.7 Å². The summed E-state index contributed by atoms with van der Waals surface area (Å²) in [6.07, 6.45) is 0.105. The third kappa shape index (κ3) is 3.61. The van der Waals surface area contributed by atoms with Crippen molar-refractivity contribution in [3.05, 3.63) is 23.3 Å². The molecule has 5 nitrogen and oxygen atoms in total. The molecule has 100 valence electrons. The maximum absolute atomic E-state index is 11.3. The molecule has 7 heteroatoms. The standard InChI is InChI=1S/C11H14ClNO4S/c1-7-8(2)10(18(12,15)16)4-3-9(7)17-6-5-11(13)14/h3-4H,5-6H2,1-2H3,(H2,13,14). The number of rotatable bonds is 5. The summed E-state index contributed by atoms with van der Waals surface area (Å²) < 4.78 is 27.9. The van der Waals surface area contributed by atoms with Crippen LogP contribution >= 0.6 is 10.7 Å². The lowest BCUT2D eigenvalue weighted by molar-refractivity contribution is -0.118. The lowest BCUT2D eigenvalue weighted by atomic mass is 10.1. The number of hydrogen-bond donors (Lipinski definition) is 1. The van der Waals surface area contributed by atoms with Crippen molar-refractivity contribution in [1.82, 2.24) is 0 Å². The smallest absolute Gasteiger partial charge is 0.261 e. The summed E-state index contributed by atoms with van der Waals surface area (Å²) in [7, 11) is 1.54. The van der Waals surface area contributed by atoms with E-state index in [9.17, 15) is 13.2 Å². The van der Waals surface area contributed by atoms with Crippen LogP contribution in [-0.2, 0) is 13.8 Å². The van der Waals surface area contributed by atoms with E-state index in [1.165, 1.54) is 12.1 Å². The van der Waals surface area contributed by atoms with Crippen LogP contribution in [0.4, 0.5) is 0 Å². The number of carbonyl (C=O) groups is 1. The van der Waals surface area contributed by atoms with Crippen LogP contribution in [0.15, 0.2) is 17.0 Å². The van der Waals surface area contributed by atoms with Crippen molar-refractivity contribution in [2.75, 3.05) is 6.61 Å². The first-order valence-electron chi connectivity index (χ1n) is 5.19. The van der Waals surface area contributed by atoms with Gasteiger partial charge in [-0.1, -0.05) is 0 Å². The second kappa shape index (κ2) is 5.58. The first-order chi connectivity index (χ1) is 8.23. The Morgan fingerprint density at radius 1 is 1.33 bits per heavy atom. The average Bonchev–Trinajstić information content (AvgIpc) is 2.22. The predicted octanol–water partition coefficient (Wildman–Crippen LogP) is 1.49. The second-order valence-electron chi connectivity index (χ2n) is 3.81. The molecule has 1 aromatic carbocycles. The molecule has 0 heterocycles. The van der Waals surface area contributed by atoms with Crippen LogP contribution in [-0.4, -0.2) is 20.9 Å². The number of primary amides is 1. The van der Waals surface area contributed by atoms with Crippen LogP contribution in [0.2, 0.25) is 0 Å². The van der Waals surface area contributed by atoms with Gasteiger partial charge in [0.15, 0.2) is 0 Å². The van der Waals surface area contributed by atoms with Crippen molar-refractivity contribution in [2.24, 2.45) is 5.73 Å². The highest BCUT2D eigenvalue weighted by molar-refractivity contribution is 8.13. The van der Waals surface area contributed by atoms with Gasteiger partial charge in [0.2, 0.25) is 5.91 Å². The monoisotopic (exact) mass is 291 g/mol. The summed E-state index contributed by atoms with van der Waals surface area (Å²) in [5.41, 5.74) is 6.19. The van der Waals surface area contributed by atoms with Gasteiger partial charge in [-0.05, 0) is 37.1 Å². The Morgan fingerprint density at radius 2 is 1.94 bits per heavy atom.